The minimum Gasteiger partial charge on any atom is -0.348 e. The molecule has 0 aliphatic heterocycles. The van der Waals surface area contributed by atoms with Gasteiger partial charge in [0, 0.05) is 12.3 Å². The summed E-state index contributed by atoms with van der Waals surface area (Å²) >= 11 is 0. The van der Waals surface area contributed by atoms with Crippen molar-refractivity contribution in [3.05, 3.63) is 83.7 Å². The van der Waals surface area contributed by atoms with Crippen LogP contribution in [0, 0.1) is 11.6 Å². The summed E-state index contributed by atoms with van der Waals surface area (Å²) in [6.07, 6.45) is 1.43. The normalized spacial score (nSPS) is 11.7. The zero-order valence-corrected chi connectivity index (χ0v) is 13.9. The summed E-state index contributed by atoms with van der Waals surface area (Å²) in [6.45, 7) is 1.94. The zero-order chi connectivity index (χ0) is 18.5. The second-order valence-electron chi connectivity index (χ2n) is 5.62. The number of hydrogen-bond acceptors (Lipinski definition) is 4. The molecule has 132 valence electrons. The van der Waals surface area contributed by atoms with E-state index in [1.54, 1.807) is 0 Å². The van der Waals surface area contributed by atoms with Gasteiger partial charge in [-0.1, -0.05) is 30.3 Å². The Morgan fingerprint density at radius 2 is 1.85 bits per heavy atom. The minimum atomic E-state index is -0.858. The van der Waals surface area contributed by atoms with Crippen molar-refractivity contribution < 1.29 is 13.6 Å². The first-order valence-corrected chi connectivity index (χ1v) is 7.94. The summed E-state index contributed by atoms with van der Waals surface area (Å²) in [5.74, 6) is -1.92. The average Bonchev–Trinajstić information content (AvgIpc) is 2.65. The fourth-order valence-electron chi connectivity index (χ4n) is 2.35. The molecule has 7 heteroatoms. The SMILES string of the molecule is CC(Nc1nccc(C(=O)Nc2ccc(F)cc2F)n1)c1ccccc1. The van der Waals surface area contributed by atoms with Gasteiger partial charge in [-0.05, 0) is 30.7 Å². The maximum absolute atomic E-state index is 13.7. The Morgan fingerprint density at radius 1 is 1.08 bits per heavy atom. The van der Waals surface area contributed by atoms with Crippen LogP contribution in [-0.4, -0.2) is 15.9 Å². The van der Waals surface area contributed by atoms with E-state index >= 15 is 0 Å². The summed E-state index contributed by atoms with van der Waals surface area (Å²) in [6, 6.07) is 14.0. The summed E-state index contributed by atoms with van der Waals surface area (Å²) in [5.41, 5.74) is 0.980. The predicted octanol–water partition coefficient (Wildman–Crippen LogP) is 4.18. The van der Waals surface area contributed by atoms with E-state index in [9.17, 15) is 13.6 Å². The number of rotatable bonds is 5. The van der Waals surface area contributed by atoms with Crippen molar-refractivity contribution in [2.24, 2.45) is 0 Å². The molecule has 3 aromatic rings. The van der Waals surface area contributed by atoms with Gasteiger partial charge in [-0.15, -0.1) is 0 Å². The Bertz CT molecular complexity index is 918. The molecule has 5 nitrogen and oxygen atoms in total. The number of amides is 1. The molecular formula is C19H16F2N4O. The van der Waals surface area contributed by atoms with Crippen LogP contribution in [-0.2, 0) is 0 Å². The highest BCUT2D eigenvalue weighted by Gasteiger charge is 2.13. The number of carbonyl (C=O) groups is 1. The number of benzene rings is 2. The molecule has 2 N–H and O–H groups in total. The standard InChI is InChI=1S/C19H16F2N4O/c1-12(13-5-3-2-4-6-13)23-19-22-10-9-17(25-19)18(26)24-16-8-7-14(20)11-15(16)21/h2-12H,1H3,(H,24,26)(H,22,23,25). The molecule has 3 rings (SSSR count). The smallest absolute Gasteiger partial charge is 0.274 e. The lowest BCUT2D eigenvalue weighted by atomic mass is 10.1. The van der Waals surface area contributed by atoms with Crippen molar-refractivity contribution in [1.82, 2.24) is 9.97 Å². The minimum absolute atomic E-state index is 0.0616. The van der Waals surface area contributed by atoms with Crippen molar-refractivity contribution in [3.63, 3.8) is 0 Å². The van der Waals surface area contributed by atoms with E-state index < -0.39 is 17.5 Å². The lowest BCUT2D eigenvalue weighted by Gasteiger charge is -2.14. The monoisotopic (exact) mass is 354 g/mol. The molecule has 0 aliphatic rings. The van der Waals surface area contributed by atoms with Gasteiger partial charge < -0.3 is 10.6 Å². The topological polar surface area (TPSA) is 66.9 Å². The number of hydrogen-bond donors (Lipinski definition) is 2. The highest BCUT2D eigenvalue weighted by molar-refractivity contribution is 6.03. The van der Waals surface area contributed by atoms with Crippen LogP contribution in [0.3, 0.4) is 0 Å². The molecule has 0 aliphatic carbocycles. The average molecular weight is 354 g/mol. The van der Waals surface area contributed by atoms with E-state index in [1.807, 2.05) is 37.3 Å². The van der Waals surface area contributed by atoms with Gasteiger partial charge in [0.1, 0.15) is 17.3 Å². The molecule has 26 heavy (non-hydrogen) atoms. The first kappa shape index (κ1) is 17.5. The number of nitrogens with zero attached hydrogens (tertiary/aromatic N) is 2. The number of anilines is 2. The third-order valence-electron chi connectivity index (χ3n) is 3.71. The second-order valence-corrected chi connectivity index (χ2v) is 5.62. The Hall–Kier alpha value is -3.35. The highest BCUT2D eigenvalue weighted by Crippen LogP contribution is 2.18. The Labute approximate surface area is 149 Å². The van der Waals surface area contributed by atoms with Gasteiger partial charge in [0.25, 0.3) is 5.91 Å². The molecule has 0 spiro atoms. The van der Waals surface area contributed by atoms with Crippen molar-refractivity contribution in [1.29, 1.82) is 0 Å². The molecule has 1 aromatic heterocycles. The summed E-state index contributed by atoms with van der Waals surface area (Å²) in [7, 11) is 0. The first-order valence-electron chi connectivity index (χ1n) is 7.94. The molecule has 1 unspecified atom stereocenters. The summed E-state index contributed by atoms with van der Waals surface area (Å²) in [5, 5.41) is 5.48. The van der Waals surface area contributed by atoms with Gasteiger partial charge in [0.05, 0.1) is 11.7 Å². The number of carbonyl (C=O) groups excluding carboxylic acids is 1. The van der Waals surface area contributed by atoms with Crippen LogP contribution >= 0.6 is 0 Å². The Balaban J connectivity index is 1.73. The van der Waals surface area contributed by atoms with Crippen LogP contribution in [0.5, 0.6) is 0 Å². The van der Waals surface area contributed by atoms with Gasteiger partial charge in [-0.2, -0.15) is 0 Å². The molecule has 2 aromatic carbocycles. The third-order valence-corrected chi connectivity index (χ3v) is 3.71. The second kappa shape index (κ2) is 7.69. The molecule has 1 atom stereocenters. The Kier molecular flexibility index (Phi) is 5.17. The maximum Gasteiger partial charge on any atom is 0.274 e. The van der Waals surface area contributed by atoms with Gasteiger partial charge in [0.15, 0.2) is 0 Å². The molecule has 0 fully saturated rings. The van der Waals surface area contributed by atoms with Crippen LogP contribution in [0.25, 0.3) is 0 Å². The van der Waals surface area contributed by atoms with Crippen molar-refractivity contribution in [2.45, 2.75) is 13.0 Å². The van der Waals surface area contributed by atoms with Crippen molar-refractivity contribution >= 4 is 17.5 Å². The predicted molar refractivity (Wildman–Crippen MR) is 94.8 cm³/mol. The van der Waals surface area contributed by atoms with Crippen molar-refractivity contribution in [2.75, 3.05) is 10.6 Å². The van der Waals surface area contributed by atoms with Gasteiger partial charge in [-0.25, -0.2) is 18.7 Å². The fraction of sp³-hybridized carbons (Fsp3) is 0.105. The molecule has 0 radical (unpaired) electrons. The van der Waals surface area contributed by atoms with Gasteiger partial charge in [-0.3, -0.25) is 4.79 Å². The molecule has 1 heterocycles. The van der Waals surface area contributed by atoms with Crippen molar-refractivity contribution in [3.8, 4) is 0 Å². The van der Waals surface area contributed by atoms with Gasteiger partial charge >= 0.3 is 0 Å². The summed E-state index contributed by atoms with van der Waals surface area (Å²) < 4.78 is 26.6. The molecule has 0 saturated carbocycles. The van der Waals surface area contributed by atoms with Crippen LogP contribution in [0.1, 0.15) is 29.0 Å². The van der Waals surface area contributed by atoms with E-state index in [0.717, 1.165) is 17.7 Å². The number of nitrogens with one attached hydrogen (secondary N) is 2. The lowest BCUT2D eigenvalue weighted by Crippen LogP contribution is -2.17. The number of aromatic nitrogens is 2. The largest absolute Gasteiger partial charge is 0.348 e. The van der Waals surface area contributed by atoms with Crippen LogP contribution in [0.2, 0.25) is 0 Å². The van der Waals surface area contributed by atoms with Crippen LogP contribution in [0.15, 0.2) is 60.8 Å². The Morgan fingerprint density at radius 3 is 2.58 bits per heavy atom. The first-order chi connectivity index (χ1) is 12.5. The van der Waals surface area contributed by atoms with Crippen LogP contribution < -0.4 is 10.6 Å². The third kappa shape index (κ3) is 4.18. The van der Waals surface area contributed by atoms with E-state index in [2.05, 4.69) is 20.6 Å². The quantitative estimate of drug-likeness (QED) is 0.721. The highest BCUT2D eigenvalue weighted by atomic mass is 19.1. The fourth-order valence-corrected chi connectivity index (χ4v) is 2.35. The lowest BCUT2D eigenvalue weighted by molar-refractivity contribution is 0.102. The van der Waals surface area contributed by atoms with Gasteiger partial charge in [0.2, 0.25) is 5.95 Å². The summed E-state index contributed by atoms with van der Waals surface area (Å²) in [4.78, 5) is 20.5. The molecule has 0 bridgehead atoms. The molecule has 0 saturated heterocycles. The maximum atomic E-state index is 13.7. The van der Waals surface area contributed by atoms with E-state index in [-0.39, 0.29) is 23.4 Å². The van der Waals surface area contributed by atoms with E-state index in [0.29, 0.717) is 6.07 Å². The zero-order valence-electron chi connectivity index (χ0n) is 13.9. The van der Waals surface area contributed by atoms with E-state index in [4.69, 9.17) is 0 Å². The van der Waals surface area contributed by atoms with E-state index in [1.165, 1.54) is 12.3 Å². The molecule has 1 amide bonds. The van der Waals surface area contributed by atoms with Crippen LogP contribution in [0.4, 0.5) is 20.4 Å². The number of halogens is 2. The molecular weight excluding hydrogens is 338 g/mol.